The van der Waals surface area contributed by atoms with Crippen LogP contribution in [0.4, 0.5) is 4.39 Å². The van der Waals surface area contributed by atoms with Crippen LogP contribution in [0.1, 0.15) is 29.0 Å². The van der Waals surface area contributed by atoms with Crippen molar-refractivity contribution in [3.8, 4) is 5.69 Å². The lowest BCUT2D eigenvalue weighted by Gasteiger charge is -2.09. The molecule has 1 amide bonds. The minimum absolute atomic E-state index is 0.209. The molecule has 0 bridgehead atoms. The molecular formula is C17H14BrFN4O. The molecule has 0 spiro atoms. The summed E-state index contributed by atoms with van der Waals surface area (Å²) in [6.45, 7) is 1.70. The summed E-state index contributed by atoms with van der Waals surface area (Å²) in [6, 6.07) is 6.83. The van der Waals surface area contributed by atoms with Crippen LogP contribution in [0, 0.1) is 12.7 Å². The molecule has 1 saturated carbocycles. The smallest absolute Gasteiger partial charge is 0.287 e. The highest BCUT2D eigenvalue weighted by Gasteiger charge is 2.27. The van der Waals surface area contributed by atoms with Crippen molar-refractivity contribution in [1.29, 1.82) is 0 Å². The first-order chi connectivity index (χ1) is 11.5. The van der Waals surface area contributed by atoms with Crippen molar-refractivity contribution in [3.63, 3.8) is 0 Å². The summed E-state index contributed by atoms with van der Waals surface area (Å²) in [5.41, 5.74) is 2.16. The molecule has 1 aliphatic rings. The molecule has 7 heteroatoms. The van der Waals surface area contributed by atoms with Crippen molar-refractivity contribution in [2.24, 2.45) is 0 Å². The summed E-state index contributed by atoms with van der Waals surface area (Å²) in [7, 11) is 0. The largest absolute Gasteiger partial charge is 0.347 e. The minimum Gasteiger partial charge on any atom is -0.347 e. The summed E-state index contributed by atoms with van der Waals surface area (Å²) in [5.74, 6) is -0.390. The molecule has 1 fully saturated rings. The third-order valence-electron chi connectivity index (χ3n) is 3.99. The number of carbonyl (C=O) groups excluding carboxylic acids is 1. The van der Waals surface area contributed by atoms with E-state index in [1.807, 2.05) is 0 Å². The maximum Gasteiger partial charge on any atom is 0.287 e. The first-order valence-corrected chi connectivity index (χ1v) is 8.43. The number of aryl methyl sites for hydroxylation is 1. The van der Waals surface area contributed by atoms with E-state index in [9.17, 15) is 9.18 Å². The molecule has 1 aromatic carbocycles. The van der Waals surface area contributed by atoms with E-state index in [4.69, 9.17) is 0 Å². The van der Waals surface area contributed by atoms with Crippen LogP contribution in [0.15, 0.2) is 34.9 Å². The van der Waals surface area contributed by atoms with Gasteiger partial charge in [0.2, 0.25) is 5.82 Å². The van der Waals surface area contributed by atoms with Crippen LogP contribution in [0.2, 0.25) is 0 Å². The number of rotatable bonds is 3. The predicted octanol–water partition coefficient (Wildman–Crippen LogP) is 3.52. The summed E-state index contributed by atoms with van der Waals surface area (Å²) in [4.78, 5) is 21.3. The Hall–Kier alpha value is -2.28. The van der Waals surface area contributed by atoms with Crippen molar-refractivity contribution < 1.29 is 9.18 Å². The van der Waals surface area contributed by atoms with E-state index in [0.29, 0.717) is 22.4 Å². The van der Waals surface area contributed by atoms with Gasteiger partial charge >= 0.3 is 0 Å². The fourth-order valence-electron chi connectivity index (χ4n) is 2.54. The van der Waals surface area contributed by atoms with Gasteiger partial charge in [0.05, 0.1) is 5.69 Å². The second kappa shape index (κ2) is 5.66. The van der Waals surface area contributed by atoms with Crippen LogP contribution in [0.5, 0.6) is 0 Å². The van der Waals surface area contributed by atoms with Crippen molar-refractivity contribution in [3.05, 3.63) is 52.1 Å². The van der Waals surface area contributed by atoms with Gasteiger partial charge in [-0.3, -0.25) is 9.36 Å². The first kappa shape index (κ1) is 15.3. The second-order valence-corrected chi connectivity index (χ2v) is 6.86. The van der Waals surface area contributed by atoms with Crippen LogP contribution < -0.4 is 5.32 Å². The number of aromatic nitrogens is 3. The van der Waals surface area contributed by atoms with E-state index in [2.05, 4.69) is 31.2 Å². The molecule has 1 aliphatic carbocycles. The third kappa shape index (κ3) is 2.69. The molecule has 2 aromatic heterocycles. The van der Waals surface area contributed by atoms with E-state index in [0.717, 1.165) is 17.3 Å². The predicted molar refractivity (Wildman–Crippen MR) is 91.7 cm³/mol. The third-order valence-corrected chi connectivity index (χ3v) is 4.43. The van der Waals surface area contributed by atoms with E-state index < -0.39 is 0 Å². The molecule has 0 atom stereocenters. The Morgan fingerprint density at radius 2 is 2.17 bits per heavy atom. The molecular weight excluding hydrogens is 375 g/mol. The molecule has 2 heterocycles. The van der Waals surface area contributed by atoms with Crippen LogP contribution in [-0.2, 0) is 0 Å². The molecule has 5 nitrogen and oxygen atoms in total. The lowest BCUT2D eigenvalue weighted by atomic mass is 10.2. The molecule has 3 aromatic rings. The zero-order valence-corrected chi connectivity index (χ0v) is 14.5. The van der Waals surface area contributed by atoms with Gasteiger partial charge in [-0.05, 0) is 59.5 Å². The van der Waals surface area contributed by atoms with Gasteiger partial charge in [-0.15, -0.1) is 0 Å². The number of pyridine rings is 1. The maximum atomic E-state index is 14.0. The monoisotopic (exact) mass is 388 g/mol. The van der Waals surface area contributed by atoms with Gasteiger partial charge in [-0.25, -0.2) is 14.4 Å². The number of fused-ring (bicyclic) bond motifs is 1. The van der Waals surface area contributed by atoms with Gasteiger partial charge < -0.3 is 5.32 Å². The zero-order valence-electron chi connectivity index (χ0n) is 12.9. The van der Waals surface area contributed by atoms with Gasteiger partial charge in [0.15, 0.2) is 5.65 Å². The molecule has 24 heavy (non-hydrogen) atoms. The normalized spacial score (nSPS) is 14.1. The van der Waals surface area contributed by atoms with Crippen molar-refractivity contribution >= 4 is 33.0 Å². The molecule has 4 rings (SSSR count). The lowest BCUT2D eigenvalue weighted by molar-refractivity contribution is 0.0939. The summed E-state index contributed by atoms with van der Waals surface area (Å²) >= 11 is 3.36. The summed E-state index contributed by atoms with van der Waals surface area (Å²) in [5, 5.41) is 2.93. The quantitative estimate of drug-likeness (QED) is 0.746. The van der Waals surface area contributed by atoms with E-state index >= 15 is 0 Å². The number of hydrogen-bond acceptors (Lipinski definition) is 3. The molecule has 0 aliphatic heterocycles. The number of imidazole rings is 1. The Labute approximate surface area is 146 Å². The van der Waals surface area contributed by atoms with Crippen LogP contribution in [-0.4, -0.2) is 26.5 Å². The summed E-state index contributed by atoms with van der Waals surface area (Å²) < 4.78 is 16.4. The minimum atomic E-state index is -0.333. The summed E-state index contributed by atoms with van der Waals surface area (Å²) in [6.07, 6.45) is 3.59. The lowest BCUT2D eigenvalue weighted by Crippen LogP contribution is -2.28. The number of benzene rings is 1. The molecule has 0 saturated heterocycles. The fourth-order valence-corrected chi connectivity index (χ4v) is 2.85. The number of amides is 1. The maximum absolute atomic E-state index is 14.0. The fraction of sp³-hybridized carbons (Fsp3) is 0.235. The Morgan fingerprint density at radius 3 is 2.88 bits per heavy atom. The van der Waals surface area contributed by atoms with Gasteiger partial charge in [0.1, 0.15) is 11.3 Å². The second-order valence-electron chi connectivity index (χ2n) is 5.95. The number of carbonyl (C=O) groups is 1. The Kier molecular flexibility index (Phi) is 3.60. The van der Waals surface area contributed by atoms with Crippen LogP contribution in [0.25, 0.3) is 16.9 Å². The number of hydrogen-bond donors (Lipinski definition) is 1. The molecule has 1 N–H and O–H groups in total. The molecule has 0 unspecified atom stereocenters. The molecule has 0 radical (unpaired) electrons. The van der Waals surface area contributed by atoms with E-state index in [1.165, 1.54) is 6.07 Å². The van der Waals surface area contributed by atoms with Gasteiger partial charge in [-0.2, -0.15) is 0 Å². The Bertz CT molecular complexity index is 965. The van der Waals surface area contributed by atoms with E-state index in [-0.39, 0.29) is 23.6 Å². The molecule has 122 valence electrons. The number of nitrogens with one attached hydrogen (secondary N) is 1. The van der Waals surface area contributed by atoms with Gasteiger partial charge in [-0.1, -0.05) is 6.07 Å². The Balaban J connectivity index is 1.92. The highest BCUT2D eigenvalue weighted by Crippen LogP contribution is 2.25. The highest BCUT2D eigenvalue weighted by atomic mass is 79.9. The highest BCUT2D eigenvalue weighted by molar-refractivity contribution is 9.10. The van der Waals surface area contributed by atoms with Gasteiger partial charge in [0.25, 0.3) is 5.91 Å². The zero-order chi connectivity index (χ0) is 16.8. The van der Waals surface area contributed by atoms with Crippen molar-refractivity contribution in [2.75, 3.05) is 0 Å². The Morgan fingerprint density at radius 1 is 1.38 bits per heavy atom. The van der Waals surface area contributed by atoms with Gasteiger partial charge in [0, 0.05) is 16.7 Å². The number of nitrogens with zero attached hydrogens (tertiary/aromatic N) is 3. The number of halogens is 2. The average molecular weight is 389 g/mol. The van der Waals surface area contributed by atoms with Crippen molar-refractivity contribution in [2.45, 2.75) is 25.8 Å². The van der Waals surface area contributed by atoms with Crippen LogP contribution in [0.3, 0.4) is 0 Å². The first-order valence-electron chi connectivity index (χ1n) is 7.64. The SMILES string of the molecule is Cc1ccc(-n2c(C(=O)NC3CC3)nc3cc(Br)cnc32)cc1F. The topological polar surface area (TPSA) is 59.8 Å². The van der Waals surface area contributed by atoms with E-state index in [1.54, 1.807) is 35.9 Å². The standard InChI is InChI=1S/C17H14BrFN4O/c1-9-2-5-12(7-13(9)19)23-15-14(6-10(18)8-20-15)22-16(23)17(24)21-11-3-4-11/h2,5-8,11H,3-4H2,1H3,(H,21,24). The van der Waals surface area contributed by atoms with Crippen LogP contribution >= 0.6 is 15.9 Å². The average Bonchev–Trinajstić information content (AvgIpc) is 3.27. The van der Waals surface area contributed by atoms with Crippen molar-refractivity contribution in [1.82, 2.24) is 19.9 Å².